The summed E-state index contributed by atoms with van der Waals surface area (Å²) in [6, 6.07) is 8.49. The number of nitrogens with one attached hydrogen (secondary N) is 1. The molecule has 0 aliphatic carbocycles. The average molecular weight is 378 g/mol. The van der Waals surface area contributed by atoms with E-state index >= 15 is 0 Å². The number of carbonyl (C=O) groups excluding carboxylic acids is 2. The standard InChI is InChI=1S/C19H24ClN3O3/c1-3-4-5-8-11-23(19(25)15-9-6-7-10-16(15)20)13-18(24)21-17-12-14(2)26-22-17/h6-7,9-10,12H,3-5,8,11,13H2,1-2H3,(H,21,22,24). The lowest BCUT2D eigenvalue weighted by molar-refractivity contribution is -0.117. The number of hydrogen-bond donors (Lipinski definition) is 1. The van der Waals surface area contributed by atoms with Crippen LogP contribution in [-0.4, -0.2) is 35.0 Å². The number of carbonyl (C=O) groups is 2. The van der Waals surface area contributed by atoms with Crippen LogP contribution in [0.3, 0.4) is 0 Å². The normalized spacial score (nSPS) is 10.6. The van der Waals surface area contributed by atoms with Crippen LogP contribution in [0.1, 0.15) is 48.7 Å². The number of nitrogens with zero attached hydrogens (tertiary/aromatic N) is 2. The van der Waals surface area contributed by atoms with Gasteiger partial charge in [0, 0.05) is 12.6 Å². The molecule has 0 aliphatic heterocycles. The van der Waals surface area contributed by atoms with Crippen molar-refractivity contribution in [2.75, 3.05) is 18.4 Å². The molecule has 2 amide bonds. The number of anilines is 1. The molecule has 0 atom stereocenters. The van der Waals surface area contributed by atoms with Gasteiger partial charge in [0.15, 0.2) is 5.82 Å². The van der Waals surface area contributed by atoms with Gasteiger partial charge in [-0.05, 0) is 25.5 Å². The molecule has 26 heavy (non-hydrogen) atoms. The quantitative estimate of drug-likeness (QED) is 0.661. The molecule has 0 unspecified atom stereocenters. The van der Waals surface area contributed by atoms with Crippen molar-refractivity contribution < 1.29 is 14.1 Å². The zero-order valence-corrected chi connectivity index (χ0v) is 15.9. The van der Waals surface area contributed by atoms with E-state index < -0.39 is 0 Å². The van der Waals surface area contributed by atoms with Crippen molar-refractivity contribution in [3.63, 3.8) is 0 Å². The average Bonchev–Trinajstić information content (AvgIpc) is 3.02. The number of hydrogen-bond acceptors (Lipinski definition) is 4. The summed E-state index contributed by atoms with van der Waals surface area (Å²) < 4.78 is 4.93. The molecule has 0 saturated heterocycles. The third-order valence-corrected chi connectivity index (χ3v) is 4.23. The molecule has 1 aromatic carbocycles. The molecule has 0 radical (unpaired) electrons. The number of halogens is 1. The summed E-state index contributed by atoms with van der Waals surface area (Å²) in [4.78, 5) is 26.7. The van der Waals surface area contributed by atoms with Crippen molar-refractivity contribution in [2.45, 2.75) is 39.5 Å². The minimum atomic E-state index is -0.325. The molecule has 1 N–H and O–H groups in total. The lowest BCUT2D eigenvalue weighted by Crippen LogP contribution is -2.38. The molecule has 2 rings (SSSR count). The third kappa shape index (κ3) is 5.88. The van der Waals surface area contributed by atoms with Gasteiger partial charge in [0.05, 0.1) is 10.6 Å². The highest BCUT2D eigenvalue weighted by Gasteiger charge is 2.21. The largest absolute Gasteiger partial charge is 0.360 e. The van der Waals surface area contributed by atoms with Crippen LogP contribution in [0.5, 0.6) is 0 Å². The van der Waals surface area contributed by atoms with Gasteiger partial charge >= 0.3 is 0 Å². The van der Waals surface area contributed by atoms with Gasteiger partial charge in [0.1, 0.15) is 12.3 Å². The maximum atomic E-state index is 12.8. The van der Waals surface area contributed by atoms with Crippen LogP contribution in [0.15, 0.2) is 34.9 Å². The van der Waals surface area contributed by atoms with E-state index in [4.69, 9.17) is 16.1 Å². The van der Waals surface area contributed by atoms with Gasteiger partial charge in [-0.3, -0.25) is 9.59 Å². The van der Waals surface area contributed by atoms with E-state index in [1.165, 1.54) is 4.90 Å². The summed E-state index contributed by atoms with van der Waals surface area (Å²) in [6.07, 6.45) is 4.04. The molecular formula is C19H24ClN3O3. The maximum Gasteiger partial charge on any atom is 0.255 e. The number of unbranched alkanes of at least 4 members (excludes halogenated alkanes) is 3. The first-order chi connectivity index (χ1) is 12.5. The first kappa shape index (κ1) is 20.0. The van der Waals surface area contributed by atoms with E-state index in [9.17, 15) is 9.59 Å². The highest BCUT2D eigenvalue weighted by Crippen LogP contribution is 2.18. The topological polar surface area (TPSA) is 75.4 Å². The number of rotatable bonds is 9. The predicted molar refractivity (Wildman–Crippen MR) is 101 cm³/mol. The monoisotopic (exact) mass is 377 g/mol. The molecule has 0 bridgehead atoms. The van der Waals surface area contributed by atoms with E-state index in [-0.39, 0.29) is 18.4 Å². The number of amides is 2. The Morgan fingerprint density at radius 3 is 2.65 bits per heavy atom. The van der Waals surface area contributed by atoms with E-state index in [2.05, 4.69) is 17.4 Å². The summed E-state index contributed by atoms with van der Waals surface area (Å²) in [5, 5.41) is 6.76. The van der Waals surface area contributed by atoms with Crippen LogP contribution >= 0.6 is 11.6 Å². The van der Waals surface area contributed by atoms with Gasteiger partial charge < -0.3 is 14.7 Å². The molecule has 1 aromatic heterocycles. The zero-order chi connectivity index (χ0) is 18.9. The zero-order valence-electron chi connectivity index (χ0n) is 15.1. The molecular weight excluding hydrogens is 354 g/mol. The Bertz CT molecular complexity index is 745. The highest BCUT2D eigenvalue weighted by atomic mass is 35.5. The molecule has 140 valence electrons. The summed E-state index contributed by atoms with van der Waals surface area (Å²) in [7, 11) is 0. The Kier molecular flexibility index (Phi) is 7.66. The first-order valence-corrected chi connectivity index (χ1v) is 9.16. The molecule has 0 saturated carbocycles. The second-order valence-corrected chi connectivity index (χ2v) is 6.55. The molecule has 7 heteroatoms. The fourth-order valence-corrected chi connectivity index (χ4v) is 2.78. The van der Waals surface area contributed by atoms with Crippen LogP contribution < -0.4 is 5.32 Å². The highest BCUT2D eigenvalue weighted by molar-refractivity contribution is 6.33. The molecule has 0 aliphatic rings. The van der Waals surface area contributed by atoms with Crippen LogP contribution in [0.2, 0.25) is 5.02 Å². The van der Waals surface area contributed by atoms with Gasteiger partial charge in [0.2, 0.25) is 5.91 Å². The molecule has 6 nitrogen and oxygen atoms in total. The van der Waals surface area contributed by atoms with Crippen molar-refractivity contribution in [2.24, 2.45) is 0 Å². The van der Waals surface area contributed by atoms with Gasteiger partial charge in [0.25, 0.3) is 5.91 Å². The van der Waals surface area contributed by atoms with Crippen molar-refractivity contribution in [1.82, 2.24) is 10.1 Å². The Balaban J connectivity index is 2.05. The van der Waals surface area contributed by atoms with E-state index in [0.29, 0.717) is 28.7 Å². The SMILES string of the molecule is CCCCCCN(CC(=O)Nc1cc(C)on1)C(=O)c1ccccc1Cl. The summed E-state index contributed by atoms with van der Waals surface area (Å²) in [6.45, 7) is 4.29. The van der Waals surface area contributed by atoms with Crippen LogP contribution in [0, 0.1) is 6.92 Å². The summed E-state index contributed by atoms with van der Waals surface area (Å²) in [5.41, 5.74) is 0.398. The van der Waals surface area contributed by atoms with Gasteiger partial charge in [-0.2, -0.15) is 0 Å². The first-order valence-electron chi connectivity index (χ1n) is 8.78. The maximum absolute atomic E-state index is 12.8. The number of aryl methyl sites for hydroxylation is 1. The Labute approximate surface area is 158 Å². The molecule has 1 heterocycles. The third-order valence-electron chi connectivity index (χ3n) is 3.90. The smallest absolute Gasteiger partial charge is 0.255 e. The predicted octanol–water partition coefficient (Wildman–Crippen LogP) is 4.30. The number of benzene rings is 1. The fourth-order valence-electron chi connectivity index (χ4n) is 2.57. The summed E-state index contributed by atoms with van der Waals surface area (Å²) in [5.74, 6) is 0.361. The lowest BCUT2D eigenvalue weighted by Gasteiger charge is -2.22. The van der Waals surface area contributed by atoms with E-state index in [0.717, 1.165) is 25.7 Å². The lowest BCUT2D eigenvalue weighted by atomic mass is 10.1. The second kappa shape index (κ2) is 9.97. The molecule has 2 aromatic rings. The fraction of sp³-hybridized carbons (Fsp3) is 0.421. The Morgan fingerprint density at radius 1 is 1.23 bits per heavy atom. The molecule has 0 fully saturated rings. The van der Waals surface area contributed by atoms with Crippen molar-refractivity contribution in [1.29, 1.82) is 0 Å². The second-order valence-electron chi connectivity index (χ2n) is 6.14. The van der Waals surface area contributed by atoms with Gasteiger partial charge in [-0.1, -0.05) is 55.1 Å². The van der Waals surface area contributed by atoms with Gasteiger partial charge in [-0.25, -0.2) is 0 Å². The minimum absolute atomic E-state index is 0.0674. The van der Waals surface area contributed by atoms with Gasteiger partial charge in [-0.15, -0.1) is 0 Å². The van der Waals surface area contributed by atoms with Crippen molar-refractivity contribution in [3.8, 4) is 0 Å². The Hall–Kier alpha value is -2.34. The van der Waals surface area contributed by atoms with E-state index in [1.807, 2.05) is 0 Å². The minimum Gasteiger partial charge on any atom is -0.360 e. The van der Waals surface area contributed by atoms with Crippen LogP contribution in [-0.2, 0) is 4.79 Å². The number of aromatic nitrogens is 1. The van der Waals surface area contributed by atoms with Crippen molar-refractivity contribution >= 4 is 29.2 Å². The summed E-state index contributed by atoms with van der Waals surface area (Å²) >= 11 is 6.15. The molecule has 0 spiro atoms. The Morgan fingerprint density at radius 2 is 2.00 bits per heavy atom. The van der Waals surface area contributed by atoms with Crippen LogP contribution in [0.25, 0.3) is 0 Å². The van der Waals surface area contributed by atoms with E-state index in [1.54, 1.807) is 37.3 Å². The van der Waals surface area contributed by atoms with Crippen LogP contribution in [0.4, 0.5) is 5.82 Å². The van der Waals surface area contributed by atoms with Crippen molar-refractivity contribution in [3.05, 3.63) is 46.7 Å².